The summed E-state index contributed by atoms with van der Waals surface area (Å²) in [6, 6.07) is 8.24. The molecule has 0 radical (unpaired) electrons. The van der Waals surface area contributed by atoms with E-state index in [0.717, 1.165) is 28.2 Å². The normalized spacial score (nSPS) is 12.6. The molecule has 1 unspecified atom stereocenters. The van der Waals surface area contributed by atoms with Gasteiger partial charge in [0.1, 0.15) is 5.82 Å². The second-order valence-electron chi connectivity index (χ2n) is 4.06. The van der Waals surface area contributed by atoms with Crippen LogP contribution in [0, 0.1) is 0 Å². The molecule has 0 saturated heterocycles. The molecule has 18 heavy (non-hydrogen) atoms. The predicted molar refractivity (Wildman–Crippen MR) is 80.6 cm³/mol. The van der Waals surface area contributed by atoms with E-state index < -0.39 is 0 Å². The van der Waals surface area contributed by atoms with Crippen molar-refractivity contribution in [1.29, 1.82) is 0 Å². The quantitative estimate of drug-likeness (QED) is 0.845. The lowest BCUT2D eigenvalue weighted by Crippen LogP contribution is -2.19. The Hall–Kier alpha value is -1.00. The van der Waals surface area contributed by atoms with Crippen molar-refractivity contribution in [2.45, 2.75) is 19.9 Å². The first kappa shape index (κ1) is 13.4. The summed E-state index contributed by atoms with van der Waals surface area (Å²) in [5, 5.41) is 4.70. The van der Waals surface area contributed by atoms with Crippen molar-refractivity contribution in [3.8, 4) is 0 Å². The van der Waals surface area contributed by atoms with E-state index in [0.29, 0.717) is 6.04 Å². The summed E-state index contributed by atoms with van der Waals surface area (Å²) in [6.07, 6.45) is 0. The van der Waals surface area contributed by atoms with Gasteiger partial charge in [-0.15, -0.1) is 0 Å². The van der Waals surface area contributed by atoms with Crippen LogP contribution in [0.3, 0.4) is 0 Å². The van der Waals surface area contributed by atoms with Gasteiger partial charge in [0.15, 0.2) is 0 Å². The van der Waals surface area contributed by atoms with Crippen molar-refractivity contribution in [1.82, 2.24) is 9.97 Å². The Morgan fingerprint density at radius 3 is 2.89 bits per heavy atom. The maximum atomic E-state index is 5.94. The van der Waals surface area contributed by atoms with Gasteiger partial charge in [-0.3, -0.25) is 0 Å². The molecule has 2 aromatic rings. The number of hydrogen-bond acceptors (Lipinski definition) is 4. The third-order valence-corrected chi connectivity index (χ3v) is 3.84. The van der Waals surface area contributed by atoms with Gasteiger partial charge in [-0.2, -0.15) is 11.8 Å². The van der Waals surface area contributed by atoms with Crippen LogP contribution in [-0.4, -0.2) is 27.5 Å². The lowest BCUT2D eigenvalue weighted by atomic mass is 10.2. The number of aromatic nitrogens is 2. The van der Waals surface area contributed by atoms with Gasteiger partial charge < -0.3 is 5.32 Å². The van der Waals surface area contributed by atoms with Crippen LogP contribution in [0.5, 0.6) is 0 Å². The number of hydrogen-bond donors (Lipinski definition) is 1. The second-order valence-corrected chi connectivity index (χ2v) is 5.72. The molecule has 5 heteroatoms. The number of halogens is 1. The third kappa shape index (κ3) is 3.27. The average molecular weight is 282 g/mol. The second kappa shape index (κ2) is 6.25. The topological polar surface area (TPSA) is 37.8 Å². The van der Waals surface area contributed by atoms with Crippen LogP contribution < -0.4 is 5.32 Å². The van der Waals surface area contributed by atoms with Gasteiger partial charge in [0, 0.05) is 17.2 Å². The Morgan fingerprint density at radius 2 is 2.11 bits per heavy atom. The maximum Gasteiger partial charge on any atom is 0.224 e. The van der Waals surface area contributed by atoms with Gasteiger partial charge in [0.25, 0.3) is 0 Å². The summed E-state index contributed by atoms with van der Waals surface area (Å²) >= 11 is 7.85. The van der Waals surface area contributed by atoms with Crippen molar-refractivity contribution in [2.75, 3.05) is 16.8 Å². The smallest absolute Gasteiger partial charge is 0.224 e. The fourth-order valence-electron chi connectivity index (χ4n) is 1.73. The van der Waals surface area contributed by atoms with Crippen LogP contribution in [0.4, 0.5) is 5.82 Å². The predicted octanol–water partition coefficient (Wildman–Crippen LogP) is 3.84. The third-order valence-electron chi connectivity index (χ3n) is 2.53. The lowest BCUT2D eigenvalue weighted by Gasteiger charge is -2.15. The number of para-hydroxylation sites is 1. The van der Waals surface area contributed by atoms with Gasteiger partial charge in [0.2, 0.25) is 5.28 Å². The van der Waals surface area contributed by atoms with E-state index in [9.17, 15) is 0 Å². The zero-order valence-corrected chi connectivity index (χ0v) is 12.1. The van der Waals surface area contributed by atoms with Crippen LogP contribution in [0.15, 0.2) is 24.3 Å². The Kier molecular flexibility index (Phi) is 4.66. The molecule has 1 aromatic carbocycles. The van der Waals surface area contributed by atoms with Crippen LogP contribution in [0.25, 0.3) is 10.9 Å². The van der Waals surface area contributed by atoms with E-state index in [2.05, 4.69) is 29.1 Å². The largest absolute Gasteiger partial charge is 0.366 e. The SMILES string of the molecule is CCSCC(C)Nc1nc(Cl)nc2ccccc12. The molecule has 0 bridgehead atoms. The average Bonchev–Trinajstić information content (AvgIpc) is 2.36. The van der Waals surface area contributed by atoms with Gasteiger partial charge >= 0.3 is 0 Å². The van der Waals surface area contributed by atoms with E-state index in [1.54, 1.807) is 0 Å². The van der Waals surface area contributed by atoms with Crippen LogP contribution in [-0.2, 0) is 0 Å². The molecule has 0 amide bonds. The van der Waals surface area contributed by atoms with Gasteiger partial charge in [0.05, 0.1) is 5.52 Å². The monoisotopic (exact) mass is 281 g/mol. The van der Waals surface area contributed by atoms with E-state index in [-0.39, 0.29) is 5.28 Å². The first-order valence-electron chi connectivity index (χ1n) is 5.97. The van der Waals surface area contributed by atoms with Crippen LogP contribution in [0.1, 0.15) is 13.8 Å². The minimum Gasteiger partial charge on any atom is -0.366 e. The molecule has 0 aliphatic rings. The summed E-state index contributed by atoms with van der Waals surface area (Å²) in [5.41, 5.74) is 0.871. The summed E-state index contributed by atoms with van der Waals surface area (Å²) in [6.45, 7) is 4.31. The summed E-state index contributed by atoms with van der Waals surface area (Å²) < 4.78 is 0. The molecule has 0 spiro atoms. The van der Waals surface area contributed by atoms with Crippen molar-refractivity contribution >= 4 is 40.1 Å². The van der Waals surface area contributed by atoms with E-state index in [4.69, 9.17) is 11.6 Å². The fourth-order valence-corrected chi connectivity index (χ4v) is 2.58. The van der Waals surface area contributed by atoms with Gasteiger partial charge in [-0.25, -0.2) is 9.97 Å². The molecule has 1 aromatic heterocycles. The summed E-state index contributed by atoms with van der Waals surface area (Å²) in [5.74, 6) is 2.99. The first-order chi connectivity index (χ1) is 8.70. The number of rotatable bonds is 5. The number of fused-ring (bicyclic) bond motifs is 1. The molecule has 0 fully saturated rings. The van der Waals surface area contributed by atoms with Crippen molar-refractivity contribution < 1.29 is 0 Å². The number of nitrogens with one attached hydrogen (secondary N) is 1. The van der Waals surface area contributed by atoms with Gasteiger partial charge in [-0.1, -0.05) is 19.1 Å². The van der Waals surface area contributed by atoms with Crippen LogP contribution >= 0.6 is 23.4 Å². The highest BCUT2D eigenvalue weighted by atomic mass is 35.5. The van der Waals surface area contributed by atoms with Crippen LogP contribution in [0.2, 0.25) is 5.28 Å². The van der Waals surface area contributed by atoms with Crippen molar-refractivity contribution in [3.05, 3.63) is 29.5 Å². The van der Waals surface area contributed by atoms with E-state index in [1.165, 1.54) is 0 Å². The highest BCUT2D eigenvalue weighted by Crippen LogP contribution is 2.22. The molecule has 0 aliphatic heterocycles. The highest BCUT2D eigenvalue weighted by Gasteiger charge is 2.08. The van der Waals surface area contributed by atoms with Crippen molar-refractivity contribution in [3.63, 3.8) is 0 Å². The molecule has 0 saturated carbocycles. The molecule has 1 N–H and O–H groups in total. The number of nitrogens with zero attached hydrogens (tertiary/aromatic N) is 2. The summed E-state index contributed by atoms with van der Waals surface area (Å²) in [7, 11) is 0. The van der Waals surface area contributed by atoms with Crippen molar-refractivity contribution in [2.24, 2.45) is 0 Å². The Labute approximate surface area is 116 Å². The Morgan fingerprint density at radius 1 is 1.33 bits per heavy atom. The Balaban J connectivity index is 2.26. The molecule has 2 rings (SSSR count). The Bertz CT molecular complexity index is 533. The molecule has 96 valence electrons. The van der Waals surface area contributed by atoms with E-state index in [1.807, 2.05) is 36.0 Å². The minimum absolute atomic E-state index is 0.284. The van der Waals surface area contributed by atoms with E-state index >= 15 is 0 Å². The number of benzene rings is 1. The minimum atomic E-state index is 0.284. The first-order valence-corrected chi connectivity index (χ1v) is 7.50. The zero-order valence-electron chi connectivity index (χ0n) is 10.5. The molecular weight excluding hydrogens is 266 g/mol. The molecule has 0 aliphatic carbocycles. The standard InChI is InChI=1S/C13H16ClN3S/c1-3-18-8-9(2)15-12-10-6-4-5-7-11(10)16-13(14)17-12/h4-7,9H,3,8H2,1-2H3,(H,15,16,17). The lowest BCUT2D eigenvalue weighted by molar-refractivity contribution is 0.903. The molecule has 3 nitrogen and oxygen atoms in total. The van der Waals surface area contributed by atoms with Gasteiger partial charge in [-0.05, 0) is 36.4 Å². The highest BCUT2D eigenvalue weighted by molar-refractivity contribution is 7.99. The molecule has 1 atom stereocenters. The number of anilines is 1. The summed E-state index contributed by atoms with van der Waals surface area (Å²) in [4.78, 5) is 8.50. The molecule has 1 heterocycles. The fraction of sp³-hybridized carbons (Fsp3) is 0.385. The number of thioether (sulfide) groups is 1. The zero-order chi connectivity index (χ0) is 13.0. The maximum absolute atomic E-state index is 5.94. The molecular formula is C13H16ClN3S.